The Morgan fingerprint density at radius 1 is 0.462 bits per heavy atom. The van der Waals surface area contributed by atoms with Crippen LogP contribution in [0.1, 0.15) is 52.1 Å². The summed E-state index contributed by atoms with van der Waals surface area (Å²) in [6.07, 6.45) is 8.31. The van der Waals surface area contributed by atoms with E-state index in [1.807, 2.05) is 12.3 Å². The molecule has 10 aromatic carbocycles. The smallest absolute Gasteiger partial charge is 0.0787 e. The summed E-state index contributed by atoms with van der Waals surface area (Å²) in [5.41, 5.74) is 20.4. The quantitative estimate of drug-likeness (QED) is 0.124. The largest absolute Gasteiger partial charge is 0.256 e. The van der Waals surface area contributed by atoms with E-state index in [0.717, 1.165) is 5.69 Å². The van der Waals surface area contributed by atoms with Crippen molar-refractivity contribution in [3.8, 4) is 55.8 Å². The SMILES string of the molecule is C=C/C=C\C1c2c(C)ccc3c2c(cc2c4ccc(C)cc4c(-c4ccc(-c5cccc(-c6cc7c8ccc(C)c9c8c(cc7c7ccc(C)cc67)-c6ncccc6-9)c5)cc4)cc32)C1C. The fourth-order valence-electron chi connectivity index (χ4n) is 12.0. The maximum Gasteiger partial charge on any atom is 0.0787 e. The predicted molar refractivity (Wildman–Crippen MR) is 279 cm³/mol. The van der Waals surface area contributed by atoms with Crippen LogP contribution in [0, 0.1) is 27.7 Å². The Balaban J connectivity index is 0.954. The molecule has 0 N–H and O–H groups in total. The molecule has 1 heteroatoms. The van der Waals surface area contributed by atoms with Crippen LogP contribution in [0.2, 0.25) is 0 Å². The molecule has 13 rings (SSSR count). The third-order valence-corrected chi connectivity index (χ3v) is 15.1. The van der Waals surface area contributed by atoms with Gasteiger partial charge in [0.05, 0.1) is 5.69 Å². The second kappa shape index (κ2) is 13.9. The summed E-state index contributed by atoms with van der Waals surface area (Å²) in [6, 6.07) is 55.9. The molecule has 2 unspecified atom stereocenters. The van der Waals surface area contributed by atoms with Gasteiger partial charge in [0, 0.05) is 23.2 Å². The lowest BCUT2D eigenvalue weighted by Gasteiger charge is -2.17. The highest BCUT2D eigenvalue weighted by atomic mass is 14.7. The third-order valence-electron chi connectivity index (χ3n) is 15.1. The Morgan fingerprint density at radius 2 is 1.06 bits per heavy atom. The minimum Gasteiger partial charge on any atom is -0.256 e. The number of benzene rings is 10. The van der Waals surface area contributed by atoms with Crippen LogP contribution in [-0.2, 0) is 0 Å². The summed E-state index contributed by atoms with van der Waals surface area (Å²) in [4.78, 5) is 4.93. The van der Waals surface area contributed by atoms with Crippen LogP contribution in [0.15, 0.2) is 177 Å². The van der Waals surface area contributed by atoms with Crippen molar-refractivity contribution in [1.82, 2.24) is 4.98 Å². The Hall–Kier alpha value is -7.61. The topological polar surface area (TPSA) is 12.9 Å². The maximum absolute atomic E-state index is 4.93. The second-order valence-electron chi connectivity index (χ2n) is 18.9. The molecule has 0 saturated carbocycles. The van der Waals surface area contributed by atoms with Crippen LogP contribution in [0.5, 0.6) is 0 Å². The molecule has 0 spiro atoms. The van der Waals surface area contributed by atoms with Crippen molar-refractivity contribution in [2.75, 3.05) is 0 Å². The molecule has 1 nitrogen and oxygen atoms in total. The lowest BCUT2D eigenvalue weighted by Crippen LogP contribution is -1.99. The summed E-state index contributed by atoms with van der Waals surface area (Å²) in [7, 11) is 0. The van der Waals surface area contributed by atoms with Crippen molar-refractivity contribution in [3.63, 3.8) is 0 Å². The highest BCUT2D eigenvalue weighted by Gasteiger charge is 2.32. The van der Waals surface area contributed by atoms with Crippen molar-refractivity contribution in [1.29, 1.82) is 0 Å². The first kappa shape index (κ1) is 37.9. The van der Waals surface area contributed by atoms with Gasteiger partial charge < -0.3 is 0 Å². The van der Waals surface area contributed by atoms with Crippen LogP contribution >= 0.6 is 0 Å². The van der Waals surface area contributed by atoms with Crippen LogP contribution in [0.3, 0.4) is 0 Å². The molecular formula is C64H47N. The number of hydrogen-bond acceptors (Lipinski definition) is 1. The van der Waals surface area contributed by atoms with Gasteiger partial charge in [-0.05, 0) is 196 Å². The first-order chi connectivity index (χ1) is 31.7. The number of hydrogen-bond donors (Lipinski definition) is 0. The number of rotatable bonds is 5. The van der Waals surface area contributed by atoms with Gasteiger partial charge in [-0.3, -0.25) is 4.98 Å². The van der Waals surface area contributed by atoms with Gasteiger partial charge in [-0.1, -0.05) is 152 Å². The zero-order valence-electron chi connectivity index (χ0n) is 37.5. The molecule has 0 bridgehead atoms. The van der Waals surface area contributed by atoms with E-state index in [1.165, 1.54) is 148 Å². The van der Waals surface area contributed by atoms with E-state index in [9.17, 15) is 0 Å². The van der Waals surface area contributed by atoms with Gasteiger partial charge in [0.15, 0.2) is 0 Å². The summed E-state index contributed by atoms with van der Waals surface area (Å²) < 4.78 is 0. The van der Waals surface area contributed by atoms with E-state index in [0.29, 0.717) is 11.8 Å². The van der Waals surface area contributed by atoms with E-state index in [2.05, 4.69) is 199 Å². The van der Waals surface area contributed by atoms with Gasteiger partial charge in [-0.2, -0.15) is 0 Å². The number of aromatic nitrogens is 1. The minimum atomic E-state index is 0.336. The van der Waals surface area contributed by atoms with Gasteiger partial charge in [0.1, 0.15) is 0 Å². The first-order valence-corrected chi connectivity index (χ1v) is 23.1. The molecule has 0 amide bonds. The monoisotopic (exact) mass is 829 g/mol. The van der Waals surface area contributed by atoms with Crippen LogP contribution in [0.4, 0.5) is 0 Å². The average Bonchev–Trinajstić information content (AvgIpc) is 3.81. The van der Waals surface area contributed by atoms with E-state index in [1.54, 1.807) is 0 Å². The van der Waals surface area contributed by atoms with Crippen LogP contribution in [0.25, 0.3) is 120 Å². The summed E-state index contributed by atoms with van der Waals surface area (Å²) in [5.74, 6) is 0.726. The molecule has 0 radical (unpaired) electrons. The maximum atomic E-state index is 4.93. The lowest BCUT2D eigenvalue weighted by molar-refractivity contribution is 0.708. The molecule has 0 saturated heterocycles. The van der Waals surface area contributed by atoms with E-state index in [4.69, 9.17) is 4.98 Å². The summed E-state index contributed by atoms with van der Waals surface area (Å²) >= 11 is 0. The van der Waals surface area contributed by atoms with Gasteiger partial charge in [0.25, 0.3) is 0 Å². The number of pyridine rings is 1. The fraction of sp³-hybridized carbons (Fsp3) is 0.109. The second-order valence-corrected chi connectivity index (χ2v) is 18.9. The Bertz CT molecular complexity index is 3950. The van der Waals surface area contributed by atoms with E-state index >= 15 is 0 Å². The van der Waals surface area contributed by atoms with Gasteiger partial charge in [0.2, 0.25) is 0 Å². The zero-order valence-corrected chi connectivity index (χ0v) is 37.5. The molecule has 2 atom stereocenters. The van der Waals surface area contributed by atoms with Crippen LogP contribution < -0.4 is 0 Å². The third kappa shape index (κ3) is 5.42. The molecule has 1 heterocycles. The van der Waals surface area contributed by atoms with E-state index in [-0.39, 0.29) is 0 Å². The average molecular weight is 830 g/mol. The molecule has 1 aromatic heterocycles. The van der Waals surface area contributed by atoms with Crippen molar-refractivity contribution in [2.45, 2.75) is 46.5 Å². The van der Waals surface area contributed by atoms with Gasteiger partial charge in [-0.15, -0.1) is 0 Å². The predicted octanol–water partition coefficient (Wildman–Crippen LogP) is 17.8. The van der Waals surface area contributed by atoms with Crippen molar-refractivity contribution in [2.24, 2.45) is 0 Å². The number of allylic oxidation sites excluding steroid dienone is 3. The minimum absolute atomic E-state index is 0.336. The molecule has 2 aliphatic carbocycles. The molecule has 0 aliphatic heterocycles. The highest BCUT2D eigenvalue weighted by Crippen LogP contribution is 2.54. The Labute approximate surface area is 380 Å². The lowest BCUT2D eigenvalue weighted by atomic mass is 9.87. The van der Waals surface area contributed by atoms with Gasteiger partial charge >= 0.3 is 0 Å². The van der Waals surface area contributed by atoms with Crippen LogP contribution in [-0.4, -0.2) is 4.98 Å². The standard InChI is InChI=1S/C64H47N/c1-7-8-13-44-39(6)50-31-55-45-23-15-35(2)28-53(45)51(32-57(55)47-25-17-37(4)60(44)62(47)50)41-21-19-40(20-22-41)42-11-9-12-43(30-42)52-33-58-48-26-18-38(5)61-49-14-10-27-65-64(49)59(63(48)61)34-56(58)46-24-16-36(3)29-54(46)52/h7-34,39,44H,1H2,2-6H3/b13-8-. The molecule has 308 valence electrons. The highest BCUT2D eigenvalue weighted by molar-refractivity contribution is 6.29. The van der Waals surface area contributed by atoms with Gasteiger partial charge in [-0.25, -0.2) is 0 Å². The molecule has 0 fully saturated rings. The van der Waals surface area contributed by atoms with Crippen molar-refractivity contribution < 1.29 is 0 Å². The first-order valence-electron chi connectivity index (χ1n) is 23.1. The summed E-state index contributed by atoms with van der Waals surface area (Å²) in [6.45, 7) is 15.3. The molecule has 11 aromatic rings. The molecular weight excluding hydrogens is 783 g/mol. The Kier molecular flexibility index (Phi) is 8.13. The molecule has 65 heavy (non-hydrogen) atoms. The molecule has 2 aliphatic rings. The number of nitrogens with zero attached hydrogens (tertiary/aromatic N) is 1. The van der Waals surface area contributed by atoms with Crippen molar-refractivity contribution in [3.05, 3.63) is 210 Å². The fourth-order valence-corrected chi connectivity index (χ4v) is 12.0. The van der Waals surface area contributed by atoms with Crippen molar-refractivity contribution >= 4 is 64.6 Å². The number of fused-ring (bicyclic) bond motifs is 11. The number of aryl methyl sites for hydroxylation is 4. The Morgan fingerprint density at radius 3 is 1.78 bits per heavy atom. The van der Waals surface area contributed by atoms with E-state index < -0.39 is 0 Å². The normalized spacial score (nSPS) is 15.2. The zero-order chi connectivity index (χ0) is 43.8. The summed E-state index contributed by atoms with van der Waals surface area (Å²) in [5, 5.41) is 15.8.